The first kappa shape index (κ1) is 11.7. The van der Waals surface area contributed by atoms with Crippen LogP contribution in [0.3, 0.4) is 0 Å². The van der Waals surface area contributed by atoms with Crippen molar-refractivity contribution in [3.8, 4) is 0 Å². The molecule has 0 aliphatic rings. The molecule has 3 N–H and O–H groups in total. The summed E-state index contributed by atoms with van der Waals surface area (Å²) >= 11 is 5.90. The van der Waals surface area contributed by atoms with Crippen molar-refractivity contribution in [3.63, 3.8) is 0 Å². The van der Waals surface area contributed by atoms with E-state index in [0.29, 0.717) is 11.0 Å². The summed E-state index contributed by atoms with van der Waals surface area (Å²) in [7, 11) is 0. The minimum Gasteiger partial charge on any atom is -0.351 e. The van der Waals surface area contributed by atoms with Crippen molar-refractivity contribution < 1.29 is 4.79 Å². The minimum absolute atomic E-state index is 0.166. The summed E-state index contributed by atoms with van der Waals surface area (Å²) in [6, 6.07) is 0.992. The van der Waals surface area contributed by atoms with E-state index in [1.54, 1.807) is 6.07 Å². The molecule has 0 aliphatic carbocycles. The molecule has 0 spiro atoms. The Hall–Kier alpha value is -1.36. The predicted molar refractivity (Wildman–Crippen MR) is 58.9 cm³/mol. The molecule has 1 heterocycles. The molecule has 0 radical (unpaired) electrons. The second kappa shape index (κ2) is 4.02. The lowest BCUT2D eigenvalue weighted by molar-refractivity contribution is 0.259. The van der Waals surface area contributed by atoms with Crippen molar-refractivity contribution in [2.24, 2.45) is 5.73 Å². The first-order valence-corrected chi connectivity index (χ1v) is 4.78. The third kappa shape index (κ3) is 3.06. The van der Waals surface area contributed by atoms with E-state index in [0.717, 1.165) is 5.56 Å². The molecule has 82 valence electrons. The Bertz CT molecular complexity index is 386. The lowest BCUT2D eigenvalue weighted by Gasteiger charge is -2.19. The number of rotatable bonds is 1. The van der Waals surface area contributed by atoms with E-state index >= 15 is 0 Å². The average Bonchev–Trinajstić information content (AvgIpc) is 2.05. The average molecular weight is 229 g/mol. The Morgan fingerprint density at radius 3 is 2.53 bits per heavy atom. The zero-order valence-electron chi connectivity index (χ0n) is 8.84. The Balaban J connectivity index is 3.11. The van der Waals surface area contributed by atoms with E-state index in [9.17, 15) is 4.79 Å². The zero-order chi connectivity index (χ0) is 11.6. The van der Waals surface area contributed by atoms with Gasteiger partial charge in [0.2, 0.25) is 0 Å². The molecule has 0 unspecified atom stereocenters. The summed E-state index contributed by atoms with van der Waals surface area (Å²) in [5.74, 6) is 0.303. The first-order valence-electron chi connectivity index (χ1n) is 4.41. The normalized spacial score (nSPS) is 11.2. The van der Waals surface area contributed by atoms with E-state index in [4.69, 9.17) is 17.3 Å². The fraction of sp³-hybridized carbons (Fsp3) is 0.444. The maximum atomic E-state index is 10.6. The molecular formula is C9H13ClN4O. The number of urea groups is 1. The number of halogens is 1. The van der Waals surface area contributed by atoms with Crippen LogP contribution in [0.5, 0.6) is 0 Å². The lowest BCUT2D eigenvalue weighted by atomic mass is 9.88. The third-order valence-corrected chi connectivity index (χ3v) is 2.09. The highest BCUT2D eigenvalue weighted by molar-refractivity contribution is 6.30. The van der Waals surface area contributed by atoms with Gasteiger partial charge in [0.05, 0.1) is 0 Å². The quantitative estimate of drug-likeness (QED) is 0.771. The summed E-state index contributed by atoms with van der Waals surface area (Å²) in [4.78, 5) is 10.6. The van der Waals surface area contributed by atoms with Gasteiger partial charge in [-0.3, -0.25) is 5.32 Å². The predicted octanol–water partition coefficient (Wildman–Crippen LogP) is 1.92. The van der Waals surface area contributed by atoms with Crippen LogP contribution in [0.4, 0.5) is 10.6 Å². The Labute approximate surface area is 93.0 Å². The highest BCUT2D eigenvalue weighted by atomic mass is 35.5. The van der Waals surface area contributed by atoms with Crippen LogP contribution in [0.2, 0.25) is 5.15 Å². The first-order chi connectivity index (χ1) is 6.80. The van der Waals surface area contributed by atoms with Gasteiger partial charge in [-0.2, -0.15) is 0 Å². The summed E-state index contributed by atoms with van der Waals surface area (Å²) in [6.07, 6.45) is 0. The van der Waals surface area contributed by atoms with Crippen molar-refractivity contribution >= 4 is 23.4 Å². The van der Waals surface area contributed by atoms with Crippen molar-refractivity contribution in [2.75, 3.05) is 5.32 Å². The van der Waals surface area contributed by atoms with Gasteiger partial charge in [0.15, 0.2) is 11.0 Å². The molecule has 0 saturated carbocycles. The number of primary amides is 1. The van der Waals surface area contributed by atoms with Gasteiger partial charge in [0.25, 0.3) is 0 Å². The topological polar surface area (TPSA) is 80.9 Å². The van der Waals surface area contributed by atoms with Gasteiger partial charge in [-0.1, -0.05) is 32.4 Å². The number of nitrogens with one attached hydrogen (secondary N) is 1. The molecular weight excluding hydrogens is 216 g/mol. The van der Waals surface area contributed by atoms with Gasteiger partial charge in [-0.15, -0.1) is 10.2 Å². The van der Waals surface area contributed by atoms with Gasteiger partial charge in [-0.05, 0) is 11.5 Å². The molecule has 1 rings (SSSR count). The van der Waals surface area contributed by atoms with Crippen molar-refractivity contribution in [2.45, 2.75) is 26.2 Å². The highest BCUT2D eigenvalue weighted by Crippen LogP contribution is 2.28. The van der Waals surface area contributed by atoms with Crippen LogP contribution in [0.25, 0.3) is 0 Å². The fourth-order valence-corrected chi connectivity index (χ4v) is 1.47. The highest BCUT2D eigenvalue weighted by Gasteiger charge is 2.19. The molecule has 0 aromatic carbocycles. The second-order valence-corrected chi connectivity index (χ2v) is 4.53. The van der Waals surface area contributed by atoms with Crippen LogP contribution in [0, 0.1) is 0 Å². The van der Waals surface area contributed by atoms with Gasteiger partial charge in [0, 0.05) is 5.56 Å². The summed E-state index contributed by atoms with van der Waals surface area (Å²) < 4.78 is 0. The number of nitrogens with two attached hydrogens (primary N) is 1. The van der Waals surface area contributed by atoms with E-state index in [1.165, 1.54) is 0 Å². The summed E-state index contributed by atoms with van der Waals surface area (Å²) in [5.41, 5.74) is 5.61. The number of amides is 2. The molecule has 0 aliphatic heterocycles. The minimum atomic E-state index is -0.675. The number of aromatic nitrogens is 2. The van der Waals surface area contributed by atoms with Crippen LogP contribution in [-0.2, 0) is 5.41 Å². The monoisotopic (exact) mass is 228 g/mol. The molecule has 0 fully saturated rings. The molecule has 2 amide bonds. The third-order valence-electron chi connectivity index (χ3n) is 1.81. The number of carbonyl (C=O) groups is 1. The molecule has 0 saturated heterocycles. The Morgan fingerprint density at radius 1 is 1.47 bits per heavy atom. The van der Waals surface area contributed by atoms with E-state index in [2.05, 4.69) is 15.5 Å². The van der Waals surface area contributed by atoms with E-state index in [-0.39, 0.29) is 5.41 Å². The second-order valence-electron chi connectivity index (χ2n) is 4.17. The number of hydrogen-bond acceptors (Lipinski definition) is 3. The zero-order valence-corrected chi connectivity index (χ0v) is 9.59. The lowest BCUT2D eigenvalue weighted by Crippen LogP contribution is -2.21. The largest absolute Gasteiger partial charge is 0.351 e. The van der Waals surface area contributed by atoms with E-state index in [1.807, 2.05) is 20.8 Å². The smallest absolute Gasteiger partial charge is 0.317 e. The van der Waals surface area contributed by atoms with Crippen LogP contribution >= 0.6 is 11.6 Å². The summed E-state index contributed by atoms with van der Waals surface area (Å²) in [6.45, 7) is 5.97. The standard InChI is InChI=1S/C9H13ClN4O/c1-9(2,3)5-4-6(12-8(11)15)13-14-7(5)10/h4H,1-3H3,(H3,11,12,13,15). The van der Waals surface area contributed by atoms with E-state index < -0.39 is 6.03 Å². The summed E-state index contributed by atoms with van der Waals surface area (Å²) in [5, 5.41) is 10.1. The SMILES string of the molecule is CC(C)(C)c1cc(NC(N)=O)nnc1Cl. The van der Waals surface area contributed by atoms with Crippen LogP contribution in [0.1, 0.15) is 26.3 Å². The van der Waals surface area contributed by atoms with Gasteiger partial charge >= 0.3 is 6.03 Å². The van der Waals surface area contributed by atoms with Gasteiger partial charge < -0.3 is 5.73 Å². The van der Waals surface area contributed by atoms with Crippen molar-refractivity contribution in [3.05, 3.63) is 16.8 Å². The van der Waals surface area contributed by atoms with Crippen molar-refractivity contribution in [1.82, 2.24) is 10.2 Å². The molecule has 5 nitrogen and oxygen atoms in total. The maximum absolute atomic E-state index is 10.6. The Morgan fingerprint density at radius 2 is 2.07 bits per heavy atom. The van der Waals surface area contributed by atoms with Crippen molar-refractivity contribution in [1.29, 1.82) is 0 Å². The van der Waals surface area contributed by atoms with Crippen LogP contribution in [0.15, 0.2) is 6.07 Å². The van der Waals surface area contributed by atoms with Gasteiger partial charge in [0.1, 0.15) is 0 Å². The number of anilines is 1. The fourth-order valence-electron chi connectivity index (χ4n) is 1.09. The van der Waals surface area contributed by atoms with Gasteiger partial charge in [-0.25, -0.2) is 4.79 Å². The number of nitrogens with zero attached hydrogens (tertiary/aromatic N) is 2. The molecule has 0 atom stereocenters. The number of carbonyl (C=O) groups excluding carboxylic acids is 1. The molecule has 0 bridgehead atoms. The van der Waals surface area contributed by atoms with Crippen LogP contribution in [-0.4, -0.2) is 16.2 Å². The number of hydrogen-bond donors (Lipinski definition) is 2. The molecule has 1 aromatic rings. The molecule has 1 aromatic heterocycles. The maximum Gasteiger partial charge on any atom is 0.317 e. The Kier molecular flexibility index (Phi) is 3.14. The molecule has 15 heavy (non-hydrogen) atoms. The molecule has 6 heteroatoms. The van der Waals surface area contributed by atoms with Crippen LogP contribution < -0.4 is 11.1 Å².